The molecule has 0 aliphatic carbocycles. The van der Waals surface area contributed by atoms with Crippen molar-refractivity contribution in [2.45, 2.75) is 13.0 Å². The second kappa shape index (κ2) is 10.9. The maximum absolute atomic E-state index is 12.1. The highest BCUT2D eigenvalue weighted by atomic mass is 35.5. The third-order valence-corrected chi connectivity index (χ3v) is 3.94. The van der Waals surface area contributed by atoms with Gasteiger partial charge in [-0.2, -0.15) is 0 Å². The molecule has 0 spiro atoms. The maximum Gasteiger partial charge on any atom is 0.331 e. The highest BCUT2D eigenvalue weighted by molar-refractivity contribution is 6.32. The van der Waals surface area contributed by atoms with Crippen LogP contribution in [-0.2, 0) is 14.3 Å². The summed E-state index contributed by atoms with van der Waals surface area (Å²) in [5, 5.41) is 2.70. The maximum atomic E-state index is 12.1. The Balaban J connectivity index is 1.95. The average Bonchev–Trinajstić information content (AvgIpc) is 2.72. The SMILES string of the molecule is C=CCOc1ccc(/C=C/C(=O)O[C@@H](C)C(=O)Nc2cccnc2Cl)cc1OC. The molecule has 8 heteroatoms. The zero-order chi connectivity index (χ0) is 21.2. The van der Waals surface area contributed by atoms with E-state index in [-0.39, 0.29) is 5.15 Å². The molecule has 0 unspecified atom stereocenters. The van der Waals surface area contributed by atoms with Crippen LogP contribution in [0.15, 0.2) is 55.3 Å². The van der Waals surface area contributed by atoms with Crippen molar-refractivity contribution in [3.63, 3.8) is 0 Å². The Labute approximate surface area is 173 Å². The number of hydrogen-bond acceptors (Lipinski definition) is 6. The van der Waals surface area contributed by atoms with Crippen molar-refractivity contribution in [2.75, 3.05) is 19.0 Å². The second-order valence-corrected chi connectivity index (χ2v) is 6.11. The molecule has 0 saturated carbocycles. The van der Waals surface area contributed by atoms with Crippen LogP contribution in [0.25, 0.3) is 6.08 Å². The first-order chi connectivity index (χ1) is 13.9. The number of nitrogens with zero attached hydrogens (tertiary/aromatic N) is 1. The van der Waals surface area contributed by atoms with Crippen LogP contribution in [0.5, 0.6) is 11.5 Å². The Morgan fingerprint density at radius 3 is 2.79 bits per heavy atom. The predicted octanol–water partition coefficient (Wildman–Crippen LogP) is 3.89. The fourth-order valence-corrected chi connectivity index (χ4v) is 2.37. The smallest absolute Gasteiger partial charge is 0.331 e. The molecule has 0 bridgehead atoms. The van der Waals surface area contributed by atoms with Gasteiger partial charge in [0.05, 0.1) is 12.8 Å². The number of carbonyl (C=O) groups excluding carboxylic acids is 2. The summed E-state index contributed by atoms with van der Waals surface area (Å²) in [6.07, 6.45) is 4.87. The lowest BCUT2D eigenvalue weighted by molar-refractivity contribution is -0.148. The van der Waals surface area contributed by atoms with E-state index in [1.54, 1.807) is 42.5 Å². The molecule has 2 rings (SSSR count). The number of carbonyl (C=O) groups is 2. The number of amides is 1. The van der Waals surface area contributed by atoms with E-state index in [9.17, 15) is 9.59 Å². The van der Waals surface area contributed by atoms with Crippen LogP contribution < -0.4 is 14.8 Å². The quantitative estimate of drug-likeness (QED) is 0.289. The van der Waals surface area contributed by atoms with Gasteiger partial charge in [-0.15, -0.1) is 0 Å². The highest BCUT2D eigenvalue weighted by Crippen LogP contribution is 2.28. The molecule has 1 atom stereocenters. The van der Waals surface area contributed by atoms with Gasteiger partial charge in [0, 0.05) is 12.3 Å². The van der Waals surface area contributed by atoms with E-state index in [4.69, 9.17) is 25.8 Å². The molecule has 29 heavy (non-hydrogen) atoms. The monoisotopic (exact) mass is 416 g/mol. The first-order valence-corrected chi connectivity index (χ1v) is 9.04. The van der Waals surface area contributed by atoms with Gasteiger partial charge in [0.25, 0.3) is 5.91 Å². The number of halogens is 1. The lowest BCUT2D eigenvalue weighted by atomic mass is 10.2. The zero-order valence-corrected chi connectivity index (χ0v) is 16.8. The topological polar surface area (TPSA) is 86.8 Å². The minimum absolute atomic E-state index is 0.147. The van der Waals surface area contributed by atoms with Gasteiger partial charge in [-0.3, -0.25) is 4.79 Å². The van der Waals surface area contributed by atoms with Crippen molar-refractivity contribution in [2.24, 2.45) is 0 Å². The van der Waals surface area contributed by atoms with Crippen LogP contribution in [0, 0.1) is 0 Å². The van der Waals surface area contributed by atoms with E-state index in [1.165, 1.54) is 26.3 Å². The van der Waals surface area contributed by atoms with Gasteiger partial charge in [-0.25, -0.2) is 9.78 Å². The largest absolute Gasteiger partial charge is 0.493 e. The van der Waals surface area contributed by atoms with E-state index in [0.717, 1.165) is 0 Å². The molecular weight excluding hydrogens is 396 g/mol. The van der Waals surface area contributed by atoms with Gasteiger partial charge >= 0.3 is 5.97 Å². The van der Waals surface area contributed by atoms with Crippen molar-refractivity contribution in [3.8, 4) is 11.5 Å². The molecular formula is C21H21ClN2O5. The Morgan fingerprint density at radius 2 is 2.10 bits per heavy atom. The summed E-state index contributed by atoms with van der Waals surface area (Å²) >= 11 is 5.89. The first-order valence-electron chi connectivity index (χ1n) is 8.66. The van der Waals surface area contributed by atoms with Gasteiger partial charge in [-0.1, -0.05) is 30.3 Å². The minimum Gasteiger partial charge on any atom is -0.493 e. The van der Waals surface area contributed by atoms with E-state index in [1.807, 2.05) is 0 Å². The summed E-state index contributed by atoms with van der Waals surface area (Å²) in [5.41, 5.74) is 1.03. The van der Waals surface area contributed by atoms with Crippen molar-refractivity contribution in [3.05, 3.63) is 66.0 Å². The number of ether oxygens (including phenoxy) is 3. The number of benzene rings is 1. The van der Waals surface area contributed by atoms with Gasteiger partial charge in [0.15, 0.2) is 22.8 Å². The zero-order valence-electron chi connectivity index (χ0n) is 16.1. The molecule has 0 aliphatic heterocycles. The van der Waals surface area contributed by atoms with Crippen LogP contribution in [0.1, 0.15) is 12.5 Å². The summed E-state index contributed by atoms with van der Waals surface area (Å²) < 4.78 is 15.9. The standard InChI is InChI=1S/C21H21ClN2O5/c1-4-12-28-17-9-7-15(13-18(17)27-3)8-10-19(25)29-14(2)21(26)24-16-6-5-11-23-20(16)22/h4-11,13-14H,1,12H2,2-3H3,(H,24,26)/b10-8+/t14-/m0/s1. The molecule has 1 heterocycles. The second-order valence-electron chi connectivity index (χ2n) is 5.75. The van der Waals surface area contributed by atoms with Gasteiger partial charge in [0.1, 0.15) is 6.61 Å². The van der Waals surface area contributed by atoms with Gasteiger partial charge in [0.2, 0.25) is 0 Å². The molecule has 7 nitrogen and oxygen atoms in total. The normalized spacial score (nSPS) is 11.6. The van der Waals surface area contributed by atoms with Crippen molar-refractivity contribution >= 4 is 35.2 Å². The molecule has 0 aliphatic rings. The van der Waals surface area contributed by atoms with Crippen LogP contribution >= 0.6 is 11.6 Å². The Kier molecular flexibility index (Phi) is 8.24. The summed E-state index contributed by atoms with van der Waals surface area (Å²) in [4.78, 5) is 28.0. The fraction of sp³-hybridized carbons (Fsp3) is 0.190. The van der Waals surface area contributed by atoms with Gasteiger partial charge < -0.3 is 19.5 Å². The van der Waals surface area contributed by atoms with Crippen molar-refractivity contribution in [1.82, 2.24) is 4.98 Å². The molecule has 0 saturated heterocycles. The van der Waals surface area contributed by atoms with Crippen LogP contribution in [0.3, 0.4) is 0 Å². The van der Waals surface area contributed by atoms with Crippen LogP contribution in [-0.4, -0.2) is 36.7 Å². The van der Waals surface area contributed by atoms with Gasteiger partial charge in [-0.05, 0) is 42.8 Å². The third kappa shape index (κ3) is 6.65. The Morgan fingerprint density at radius 1 is 1.31 bits per heavy atom. The molecule has 1 amide bonds. The number of rotatable bonds is 9. The molecule has 152 valence electrons. The Hall–Kier alpha value is -3.32. The lowest BCUT2D eigenvalue weighted by Crippen LogP contribution is -2.29. The molecule has 2 aromatic rings. The summed E-state index contributed by atoms with van der Waals surface area (Å²) in [6.45, 7) is 5.40. The number of nitrogens with one attached hydrogen (secondary N) is 1. The van der Waals surface area contributed by atoms with E-state index in [0.29, 0.717) is 29.4 Å². The van der Waals surface area contributed by atoms with E-state index < -0.39 is 18.0 Å². The minimum atomic E-state index is -1.02. The molecule has 1 aromatic carbocycles. The van der Waals surface area contributed by atoms with Crippen molar-refractivity contribution < 1.29 is 23.8 Å². The molecule has 0 radical (unpaired) electrons. The predicted molar refractivity (Wildman–Crippen MR) is 111 cm³/mol. The van der Waals surface area contributed by atoms with Crippen molar-refractivity contribution in [1.29, 1.82) is 0 Å². The van der Waals surface area contributed by atoms with Crippen LogP contribution in [0.2, 0.25) is 5.15 Å². The number of esters is 1. The number of methoxy groups -OCH3 is 1. The average molecular weight is 417 g/mol. The summed E-state index contributed by atoms with van der Waals surface area (Å²) in [5.74, 6) is -0.113. The molecule has 1 N–H and O–H groups in total. The lowest BCUT2D eigenvalue weighted by Gasteiger charge is -2.13. The van der Waals surface area contributed by atoms with E-state index >= 15 is 0 Å². The van der Waals surface area contributed by atoms with E-state index in [2.05, 4.69) is 16.9 Å². The summed E-state index contributed by atoms with van der Waals surface area (Å²) in [7, 11) is 1.52. The number of hydrogen-bond donors (Lipinski definition) is 1. The fourth-order valence-electron chi connectivity index (χ4n) is 2.20. The summed E-state index contributed by atoms with van der Waals surface area (Å²) in [6, 6.07) is 8.41. The number of anilines is 1. The number of aromatic nitrogens is 1. The third-order valence-electron chi connectivity index (χ3n) is 3.64. The molecule has 0 fully saturated rings. The molecule has 1 aromatic heterocycles. The highest BCUT2D eigenvalue weighted by Gasteiger charge is 2.18. The number of pyridine rings is 1. The first kappa shape index (κ1) is 22.0. The van der Waals surface area contributed by atoms with Crippen LogP contribution in [0.4, 0.5) is 5.69 Å². The Bertz CT molecular complexity index is 914.